The van der Waals surface area contributed by atoms with Crippen molar-refractivity contribution in [3.05, 3.63) is 59.8 Å². The summed E-state index contributed by atoms with van der Waals surface area (Å²) in [5, 5.41) is 22.9. The molecule has 1 saturated carbocycles. The second kappa shape index (κ2) is 7.60. The second-order valence-electron chi connectivity index (χ2n) is 8.16. The molecule has 2 aromatic heterocycles. The lowest BCUT2D eigenvalue weighted by molar-refractivity contribution is 0.149. The smallest absolute Gasteiger partial charge is 0.407 e. The number of carboxylic acid groups (broad SMARTS) is 1. The normalized spacial score (nSPS) is 22.5. The molecule has 1 saturated heterocycles. The molecule has 31 heavy (non-hydrogen) atoms. The first kappa shape index (κ1) is 19.4. The summed E-state index contributed by atoms with van der Waals surface area (Å²) >= 11 is 0. The van der Waals surface area contributed by atoms with Crippen LogP contribution in [0.1, 0.15) is 30.1 Å². The molecule has 8 nitrogen and oxygen atoms in total. The van der Waals surface area contributed by atoms with Crippen molar-refractivity contribution in [1.29, 1.82) is 0 Å². The summed E-state index contributed by atoms with van der Waals surface area (Å²) in [5.74, 6) is 8.85. The molecule has 1 aliphatic heterocycles. The van der Waals surface area contributed by atoms with Gasteiger partial charge in [0.1, 0.15) is 17.6 Å². The van der Waals surface area contributed by atoms with Crippen LogP contribution in [0.15, 0.2) is 47.2 Å². The van der Waals surface area contributed by atoms with E-state index in [1.807, 2.05) is 34.9 Å². The summed E-state index contributed by atoms with van der Waals surface area (Å²) in [7, 11) is 0. The first-order chi connectivity index (χ1) is 15.0. The Morgan fingerprint density at radius 2 is 2.03 bits per heavy atom. The number of rotatable bonds is 4. The van der Waals surface area contributed by atoms with Gasteiger partial charge < -0.3 is 24.2 Å². The summed E-state index contributed by atoms with van der Waals surface area (Å²) in [6.07, 6.45) is 1.97. The van der Waals surface area contributed by atoms with Crippen LogP contribution in [0.5, 0.6) is 0 Å². The van der Waals surface area contributed by atoms with E-state index in [2.05, 4.69) is 22.0 Å². The first-order valence-electron chi connectivity index (χ1n) is 10.2. The molecule has 0 bridgehead atoms. The monoisotopic (exact) mass is 418 g/mol. The van der Waals surface area contributed by atoms with Crippen molar-refractivity contribution >= 4 is 6.09 Å². The van der Waals surface area contributed by atoms with Gasteiger partial charge in [-0.3, -0.25) is 0 Å². The zero-order valence-electron chi connectivity index (χ0n) is 17.0. The topological polar surface area (TPSA) is 105 Å². The van der Waals surface area contributed by atoms with Gasteiger partial charge in [0.05, 0.1) is 6.54 Å². The number of aromatic nitrogens is 3. The molecule has 1 aliphatic carbocycles. The third kappa shape index (κ3) is 3.80. The Hall–Kier alpha value is -3.57. The molecule has 2 fully saturated rings. The molecule has 158 valence electrons. The lowest BCUT2D eigenvalue weighted by Crippen LogP contribution is -2.29. The van der Waals surface area contributed by atoms with Crippen LogP contribution in [0.2, 0.25) is 0 Å². The third-order valence-corrected chi connectivity index (χ3v) is 6.03. The van der Waals surface area contributed by atoms with Crippen LogP contribution in [0.3, 0.4) is 0 Å². The average molecular weight is 418 g/mol. The van der Waals surface area contributed by atoms with Crippen molar-refractivity contribution in [3.8, 4) is 23.2 Å². The SMILES string of the molecule is C[C@H](O)c1nccn1Cc1cc(-c2ccc(C#C[C@H]3[C@H]4CN(C(=O)O)C[C@@H]34)cc2)on1. The fourth-order valence-corrected chi connectivity index (χ4v) is 4.30. The minimum Gasteiger partial charge on any atom is -0.465 e. The fourth-order valence-electron chi connectivity index (χ4n) is 4.30. The second-order valence-corrected chi connectivity index (χ2v) is 8.16. The van der Waals surface area contributed by atoms with Crippen LogP contribution >= 0.6 is 0 Å². The number of aliphatic hydroxyl groups is 1. The minimum atomic E-state index is -0.835. The molecule has 2 N–H and O–H groups in total. The standard InChI is InChI=1S/C23H22N4O4/c1-14(28)22-24-8-9-26(22)11-17-10-21(31-25-17)16-5-2-15(3-6-16)4-7-18-19-12-27(23(29)30)13-20(18)19/h2-3,5-6,8-10,14,18-20,28H,11-13H2,1H3,(H,29,30)/t14-,18-,19+,20-/m0/s1. The number of benzene rings is 1. The van der Waals surface area contributed by atoms with Gasteiger partial charge in [-0.2, -0.15) is 0 Å². The number of fused-ring (bicyclic) bond motifs is 1. The highest BCUT2D eigenvalue weighted by atomic mass is 16.5. The molecule has 4 atom stereocenters. The Labute approximate surface area is 179 Å². The van der Waals surface area contributed by atoms with Crippen molar-refractivity contribution in [3.63, 3.8) is 0 Å². The molecule has 2 aliphatic rings. The van der Waals surface area contributed by atoms with E-state index < -0.39 is 12.2 Å². The van der Waals surface area contributed by atoms with Crippen molar-refractivity contribution in [1.82, 2.24) is 19.6 Å². The molecule has 3 heterocycles. The van der Waals surface area contributed by atoms with E-state index in [0.29, 0.717) is 49.0 Å². The molecule has 8 heteroatoms. The van der Waals surface area contributed by atoms with Crippen LogP contribution in [0.4, 0.5) is 4.79 Å². The molecule has 1 aromatic carbocycles. The van der Waals surface area contributed by atoms with Crippen molar-refractivity contribution in [2.45, 2.75) is 19.6 Å². The Morgan fingerprint density at radius 1 is 1.29 bits per heavy atom. The highest BCUT2D eigenvalue weighted by Gasteiger charge is 2.56. The number of amides is 1. The van der Waals surface area contributed by atoms with Gasteiger partial charge in [-0.25, -0.2) is 9.78 Å². The molecular formula is C23H22N4O4. The predicted molar refractivity (Wildman–Crippen MR) is 111 cm³/mol. The Kier molecular flexibility index (Phi) is 4.75. The molecule has 5 rings (SSSR count). The summed E-state index contributed by atoms with van der Waals surface area (Å²) in [4.78, 5) is 16.6. The van der Waals surface area contributed by atoms with E-state index in [-0.39, 0.29) is 0 Å². The van der Waals surface area contributed by atoms with E-state index in [1.165, 1.54) is 4.90 Å². The van der Waals surface area contributed by atoms with Crippen LogP contribution in [0.25, 0.3) is 11.3 Å². The minimum absolute atomic E-state index is 0.307. The molecular weight excluding hydrogens is 396 g/mol. The zero-order chi connectivity index (χ0) is 21.5. The van der Waals surface area contributed by atoms with E-state index in [4.69, 9.17) is 9.63 Å². The maximum absolute atomic E-state index is 11.0. The van der Waals surface area contributed by atoms with Gasteiger partial charge in [-0.05, 0) is 43.0 Å². The van der Waals surface area contributed by atoms with Crippen LogP contribution in [-0.4, -0.2) is 49.0 Å². The molecule has 1 amide bonds. The highest BCUT2D eigenvalue weighted by molar-refractivity contribution is 5.66. The van der Waals surface area contributed by atoms with E-state index in [0.717, 1.165) is 16.8 Å². The Bertz CT molecular complexity index is 1160. The summed E-state index contributed by atoms with van der Waals surface area (Å²) < 4.78 is 7.33. The predicted octanol–water partition coefficient (Wildman–Crippen LogP) is 2.85. The van der Waals surface area contributed by atoms with Gasteiger partial charge in [-0.1, -0.05) is 17.0 Å². The number of piperidine rings is 1. The Balaban J connectivity index is 1.22. The largest absolute Gasteiger partial charge is 0.465 e. The molecule has 3 aromatic rings. The maximum atomic E-state index is 11.0. The quantitative estimate of drug-likeness (QED) is 0.632. The van der Waals surface area contributed by atoms with Gasteiger partial charge in [-0.15, -0.1) is 0 Å². The Morgan fingerprint density at radius 3 is 2.71 bits per heavy atom. The number of hydrogen-bond donors (Lipinski definition) is 2. The third-order valence-electron chi connectivity index (χ3n) is 6.03. The van der Waals surface area contributed by atoms with Gasteiger partial charge in [0.15, 0.2) is 5.76 Å². The lowest BCUT2D eigenvalue weighted by Gasteiger charge is -2.13. The van der Waals surface area contributed by atoms with Crippen LogP contribution < -0.4 is 0 Å². The first-order valence-corrected chi connectivity index (χ1v) is 10.2. The van der Waals surface area contributed by atoms with Crippen molar-refractivity contribution in [2.75, 3.05) is 13.1 Å². The molecule has 0 radical (unpaired) electrons. The highest BCUT2D eigenvalue weighted by Crippen LogP contribution is 2.51. The molecule has 0 unspecified atom stereocenters. The number of imidazole rings is 1. The van der Waals surface area contributed by atoms with Gasteiger partial charge in [0.2, 0.25) is 0 Å². The lowest BCUT2D eigenvalue weighted by atomic mass is 10.1. The van der Waals surface area contributed by atoms with Crippen molar-refractivity contribution in [2.24, 2.45) is 17.8 Å². The summed E-state index contributed by atoms with van der Waals surface area (Å²) in [6, 6.07) is 9.69. The number of hydrogen-bond acceptors (Lipinski definition) is 5. The number of nitrogens with zero attached hydrogens (tertiary/aromatic N) is 4. The van der Waals surface area contributed by atoms with Gasteiger partial charge in [0, 0.05) is 48.6 Å². The maximum Gasteiger partial charge on any atom is 0.407 e. The van der Waals surface area contributed by atoms with Crippen LogP contribution in [0, 0.1) is 29.6 Å². The summed E-state index contributed by atoms with van der Waals surface area (Å²) in [5.41, 5.74) is 2.57. The van der Waals surface area contributed by atoms with Gasteiger partial charge in [0.25, 0.3) is 0 Å². The average Bonchev–Trinajstić information content (AvgIpc) is 3.24. The summed E-state index contributed by atoms with van der Waals surface area (Å²) in [6.45, 7) is 3.35. The number of likely N-dealkylation sites (tertiary alicyclic amines) is 1. The molecule has 0 spiro atoms. The zero-order valence-corrected chi connectivity index (χ0v) is 17.0. The van der Waals surface area contributed by atoms with Gasteiger partial charge >= 0.3 is 6.09 Å². The van der Waals surface area contributed by atoms with Crippen LogP contribution in [-0.2, 0) is 6.54 Å². The van der Waals surface area contributed by atoms with Crippen molar-refractivity contribution < 1.29 is 19.5 Å². The number of carbonyl (C=O) groups is 1. The van der Waals surface area contributed by atoms with E-state index in [9.17, 15) is 9.90 Å². The van der Waals surface area contributed by atoms with E-state index in [1.54, 1.807) is 19.3 Å². The number of aliphatic hydroxyl groups excluding tert-OH is 1. The van der Waals surface area contributed by atoms with E-state index >= 15 is 0 Å². The fraction of sp³-hybridized carbons (Fsp3) is 0.348.